The van der Waals surface area contributed by atoms with Crippen LogP contribution in [-0.4, -0.2) is 18.4 Å². The van der Waals surface area contributed by atoms with Crippen LogP contribution in [0.5, 0.6) is 0 Å². The summed E-state index contributed by atoms with van der Waals surface area (Å²) in [6.45, 7) is 0. The van der Waals surface area contributed by atoms with Crippen molar-refractivity contribution in [3.8, 4) is 6.07 Å². The van der Waals surface area contributed by atoms with Crippen LogP contribution < -0.4 is 4.72 Å². The highest BCUT2D eigenvalue weighted by Crippen LogP contribution is 2.21. The van der Waals surface area contributed by atoms with Gasteiger partial charge in [0.2, 0.25) is 0 Å². The van der Waals surface area contributed by atoms with E-state index >= 15 is 0 Å². The topological polar surface area (TPSA) is 98.6 Å². The third-order valence-electron chi connectivity index (χ3n) is 3.47. The van der Waals surface area contributed by atoms with Gasteiger partial charge in [0.05, 0.1) is 17.3 Å². The lowest BCUT2D eigenvalue weighted by molar-refractivity contribution is 0.598. The predicted octanol–water partition coefficient (Wildman–Crippen LogP) is 2.81. The van der Waals surface area contributed by atoms with Gasteiger partial charge in [-0.2, -0.15) is 5.26 Å². The minimum Gasteiger partial charge on any atom is -0.363 e. The van der Waals surface area contributed by atoms with Crippen molar-refractivity contribution < 1.29 is 12.8 Å². The molecule has 1 aromatic carbocycles. The second-order valence-electron chi connectivity index (χ2n) is 5.27. The molecule has 0 amide bonds. The maximum absolute atomic E-state index is 13.9. The quantitative estimate of drug-likeness (QED) is 0.734. The van der Waals surface area contributed by atoms with E-state index in [1.54, 1.807) is 18.3 Å². The van der Waals surface area contributed by atoms with Crippen molar-refractivity contribution in [3.05, 3.63) is 77.6 Å². The molecule has 0 aliphatic heterocycles. The Morgan fingerprint density at radius 2 is 2.08 bits per heavy atom. The van der Waals surface area contributed by atoms with Crippen molar-refractivity contribution >= 4 is 15.7 Å². The fraction of sp³-hybridized carbons (Fsp3) is 0.0588. The van der Waals surface area contributed by atoms with Crippen LogP contribution in [0.15, 0.2) is 59.8 Å². The highest BCUT2D eigenvalue weighted by atomic mass is 32.2. The summed E-state index contributed by atoms with van der Waals surface area (Å²) in [7, 11) is -3.95. The largest absolute Gasteiger partial charge is 0.363 e. The van der Waals surface area contributed by atoms with E-state index in [1.165, 1.54) is 24.4 Å². The van der Waals surface area contributed by atoms with Gasteiger partial charge in [-0.05, 0) is 36.4 Å². The van der Waals surface area contributed by atoms with Crippen molar-refractivity contribution in [2.75, 3.05) is 4.72 Å². The van der Waals surface area contributed by atoms with Crippen molar-refractivity contribution in [2.45, 2.75) is 11.3 Å². The molecular weight excluding hydrogens is 343 g/mol. The molecule has 0 spiro atoms. The fourth-order valence-electron chi connectivity index (χ4n) is 2.25. The third-order valence-corrected chi connectivity index (χ3v) is 4.81. The van der Waals surface area contributed by atoms with Crippen LogP contribution in [0, 0.1) is 17.1 Å². The first-order valence-corrected chi connectivity index (χ1v) is 8.76. The zero-order valence-corrected chi connectivity index (χ0v) is 13.7. The highest BCUT2D eigenvalue weighted by Gasteiger charge is 2.18. The first-order valence-electron chi connectivity index (χ1n) is 7.27. The number of H-pyrrole nitrogens is 1. The zero-order chi connectivity index (χ0) is 17.9. The molecule has 0 bridgehead atoms. The van der Waals surface area contributed by atoms with E-state index in [1.807, 2.05) is 12.1 Å². The van der Waals surface area contributed by atoms with Gasteiger partial charge < -0.3 is 4.98 Å². The Morgan fingerprint density at radius 3 is 2.76 bits per heavy atom. The summed E-state index contributed by atoms with van der Waals surface area (Å²) in [5.41, 5.74) is 1.35. The molecule has 2 aromatic heterocycles. The number of aromatic amines is 1. The summed E-state index contributed by atoms with van der Waals surface area (Å²) in [4.78, 5) is 7.05. The second kappa shape index (κ2) is 6.75. The van der Waals surface area contributed by atoms with Crippen LogP contribution in [0.25, 0.3) is 0 Å². The van der Waals surface area contributed by atoms with E-state index in [0.717, 1.165) is 11.8 Å². The minimum atomic E-state index is -3.95. The lowest BCUT2D eigenvalue weighted by Gasteiger charge is -2.07. The van der Waals surface area contributed by atoms with Gasteiger partial charge in [-0.1, -0.05) is 6.07 Å². The summed E-state index contributed by atoms with van der Waals surface area (Å²) in [6.07, 6.45) is 3.44. The Labute approximate surface area is 144 Å². The molecule has 0 saturated carbocycles. The van der Waals surface area contributed by atoms with Crippen molar-refractivity contribution in [1.82, 2.24) is 9.97 Å². The highest BCUT2D eigenvalue weighted by molar-refractivity contribution is 7.92. The molecule has 2 heterocycles. The number of rotatable bonds is 5. The number of aromatic nitrogens is 2. The van der Waals surface area contributed by atoms with Gasteiger partial charge in [0.1, 0.15) is 10.7 Å². The molecule has 0 saturated heterocycles. The molecule has 6 nitrogen and oxygen atoms in total. The Kier molecular flexibility index (Phi) is 4.50. The number of anilines is 1. The van der Waals surface area contributed by atoms with E-state index in [0.29, 0.717) is 12.1 Å². The average Bonchev–Trinajstić information content (AvgIpc) is 3.07. The number of sulfonamides is 1. The van der Waals surface area contributed by atoms with Gasteiger partial charge >= 0.3 is 0 Å². The van der Waals surface area contributed by atoms with Gasteiger partial charge in [-0.25, -0.2) is 12.8 Å². The number of hydrogen-bond acceptors (Lipinski definition) is 4. The first kappa shape index (κ1) is 16.7. The molecule has 0 aliphatic rings. The van der Waals surface area contributed by atoms with E-state index in [9.17, 15) is 12.8 Å². The molecule has 0 aliphatic carbocycles. The van der Waals surface area contributed by atoms with Gasteiger partial charge in [0.25, 0.3) is 10.0 Å². The Hall–Kier alpha value is -3.18. The number of pyridine rings is 1. The Bertz CT molecular complexity index is 1040. The average molecular weight is 356 g/mol. The minimum absolute atomic E-state index is 0.0119. The molecule has 126 valence electrons. The maximum Gasteiger partial charge on any atom is 0.263 e. The number of nitrogens with one attached hydrogen (secondary N) is 2. The van der Waals surface area contributed by atoms with Gasteiger partial charge in [-0.3, -0.25) is 9.71 Å². The SMILES string of the molecule is N#Cc1ccc(NS(=O)(=O)c2c[nH]c(Cc3ccccn3)c2)c(F)c1. The second-order valence-corrected chi connectivity index (χ2v) is 6.95. The lowest BCUT2D eigenvalue weighted by Crippen LogP contribution is -2.13. The van der Waals surface area contributed by atoms with E-state index in [4.69, 9.17) is 5.26 Å². The van der Waals surface area contributed by atoms with E-state index in [2.05, 4.69) is 14.7 Å². The van der Waals surface area contributed by atoms with Crippen LogP contribution in [0.3, 0.4) is 0 Å². The molecular formula is C17H13FN4O2S. The molecule has 3 rings (SSSR count). The van der Waals surface area contributed by atoms with Gasteiger partial charge in [0, 0.05) is 30.2 Å². The molecule has 0 unspecified atom stereocenters. The Morgan fingerprint density at radius 1 is 1.24 bits per heavy atom. The van der Waals surface area contributed by atoms with Gasteiger partial charge in [-0.15, -0.1) is 0 Å². The van der Waals surface area contributed by atoms with Crippen LogP contribution in [0.2, 0.25) is 0 Å². The number of nitrogens with zero attached hydrogens (tertiary/aromatic N) is 2. The van der Waals surface area contributed by atoms with Crippen LogP contribution >= 0.6 is 0 Å². The van der Waals surface area contributed by atoms with Crippen molar-refractivity contribution in [1.29, 1.82) is 5.26 Å². The lowest BCUT2D eigenvalue weighted by atomic mass is 10.2. The summed E-state index contributed by atoms with van der Waals surface area (Å²) < 4.78 is 40.9. The van der Waals surface area contributed by atoms with Crippen molar-refractivity contribution in [3.63, 3.8) is 0 Å². The van der Waals surface area contributed by atoms with Crippen LogP contribution in [0.1, 0.15) is 17.0 Å². The number of halogens is 1. The molecule has 0 fully saturated rings. The molecule has 0 atom stereocenters. The zero-order valence-electron chi connectivity index (χ0n) is 12.9. The maximum atomic E-state index is 13.9. The molecule has 3 aromatic rings. The summed E-state index contributed by atoms with van der Waals surface area (Å²) in [5, 5.41) is 8.72. The summed E-state index contributed by atoms with van der Waals surface area (Å²) >= 11 is 0. The summed E-state index contributed by atoms with van der Waals surface area (Å²) in [6, 6.07) is 12.3. The van der Waals surface area contributed by atoms with Crippen LogP contribution in [0.4, 0.5) is 10.1 Å². The summed E-state index contributed by atoms with van der Waals surface area (Å²) in [5.74, 6) is -0.813. The monoisotopic (exact) mass is 356 g/mol. The molecule has 0 radical (unpaired) electrons. The predicted molar refractivity (Wildman–Crippen MR) is 89.8 cm³/mol. The third kappa shape index (κ3) is 3.84. The normalized spacial score (nSPS) is 11.0. The van der Waals surface area contributed by atoms with Crippen molar-refractivity contribution in [2.24, 2.45) is 0 Å². The van der Waals surface area contributed by atoms with E-state index in [-0.39, 0.29) is 16.1 Å². The van der Waals surface area contributed by atoms with E-state index < -0.39 is 15.8 Å². The smallest absolute Gasteiger partial charge is 0.263 e. The number of benzene rings is 1. The molecule has 25 heavy (non-hydrogen) atoms. The van der Waals surface area contributed by atoms with Gasteiger partial charge in [0.15, 0.2) is 0 Å². The fourth-order valence-corrected chi connectivity index (χ4v) is 3.33. The number of hydrogen-bond donors (Lipinski definition) is 2. The Balaban J connectivity index is 1.80. The molecule has 2 N–H and O–H groups in total. The van der Waals surface area contributed by atoms with Crippen LogP contribution in [-0.2, 0) is 16.4 Å². The molecule has 8 heteroatoms. The number of nitriles is 1. The standard InChI is InChI=1S/C17H13FN4O2S/c18-16-7-12(10-19)4-5-17(16)22-25(23,24)15-9-14(21-11-15)8-13-3-1-2-6-20-13/h1-7,9,11,21-22H,8H2. The first-order chi connectivity index (χ1) is 12.0.